The summed E-state index contributed by atoms with van der Waals surface area (Å²) in [5.74, 6) is -0.847. The Bertz CT molecular complexity index is 519. The van der Waals surface area contributed by atoms with Crippen molar-refractivity contribution in [3.63, 3.8) is 0 Å². The van der Waals surface area contributed by atoms with Gasteiger partial charge in [0, 0.05) is 12.2 Å². The van der Waals surface area contributed by atoms with E-state index in [0.29, 0.717) is 12.1 Å². The number of hydrogen-bond acceptors (Lipinski definition) is 3. The maximum absolute atomic E-state index is 13.2. The zero-order valence-corrected chi connectivity index (χ0v) is 12.2. The van der Waals surface area contributed by atoms with Gasteiger partial charge in [-0.3, -0.25) is 0 Å². The number of ether oxygens (including phenoxy) is 2. The van der Waals surface area contributed by atoms with Crippen molar-refractivity contribution >= 4 is 5.97 Å². The molecule has 0 atom stereocenters. The summed E-state index contributed by atoms with van der Waals surface area (Å²) < 4.78 is 87.9. The van der Waals surface area contributed by atoms with Crippen LogP contribution in [-0.2, 0) is 15.1 Å². The van der Waals surface area contributed by atoms with E-state index in [9.17, 15) is 31.1 Å². The molecule has 0 amide bonds. The summed E-state index contributed by atoms with van der Waals surface area (Å²) in [6.07, 6.45) is -11.5. The van der Waals surface area contributed by atoms with Crippen LogP contribution in [0.2, 0.25) is 0 Å². The van der Waals surface area contributed by atoms with E-state index >= 15 is 0 Å². The van der Waals surface area contributed by atoms with E-state index in [2.05, 4.69) is 9.47 Å². The first-order valence-corrected chi connectivity index (χ1v) is 6.56. The summed E-state index contributed by atoms with van der Waals surface area (Å²) >= 11 is 0. The minimum atomic E-state index is -5.73. The van der Waals surface area contributed by atoms with Gasteiger partial charge in [0.1, 0.15) is 0 Å². The van der Waals surface area contributed by atoms with Gasteiger partial charge in [0.25, 0.3) is 5.60 Å². The third-order valence-electron chi connectivity index (χ3n) is 2.96. The predicted molar refractivity (Wildman–Crippen MR) is 67.8 cm³/mol. The number of carbonyl (C=O) groups excluding carboxylic acids is 1. The number of halogens is 6. The molecule has 0 aromatic heterocycles. The van der Waals surface area contributed by atoms with Gasteiger partial charge < -0.3 is 9.47 Å². The molecule has 23 heavy (non-hydrogen) atoms. The number of alkyl halides is 6. The first kappa shape index (κ1) is 19.3. The molecule has 0 aliphatic heterocycles. The Kier molecular flexibility index (Phi) is 5.68. The molecule has 0 N–H and O–H groups in total. The van der Waals surface area contributed by atoms with Crippen molar-refractivity contribution in [1.29, 1.82) is 0 Å². The van der Waals surface area contributed by atoms with Crippen LogP contribution in [0.5, 0.6) is 0 Å². The number of rotatable bonds is 5. The van der Waals surface area contributed by atoms with Gasteiger partial charge in [0.05, 0.1) is 12.2 Å². The maximum atomic E-state index is 13.2. The highest BCUT2D eigenvalue weighted by Gasteiger charge is 2.73. The highest BCUT2D eigenvalue weighted by atomic mass is 19.4. The predicted octanol–water partition coefficient (Wildman–Crippen LogP) is 4.22. The molecule has 130 valence electrons. The van der Waals surface area contributed by atoms with Gasteiger partial charge in [-0.05, 0) is 26.0 Å². The zero-order chi connectivity index (χ0) is 17.9. The number of carbonyl (C=O) groups is 1. The highest BCUT2D eigenvalue weighted by Crippen LogP contribution is 2.52. The molecule has 0 saturated carbocycles. The average molecular weight is 344 g/mol. The van der Waals surface area contributed by atoms with Crippen molar-refractivity contribution in [3.05, 3.63) is 35.4 Å². The first-order valence-electron chi connectivity index (χ1n) is 6.56. The molecule has 0 unspecified atom stereocenters. The third-order valence-corrected chi connectivity index (χ3v) is 2.96. The average Bonchev–Trinajstić information content (AvgIpc) is 2.42. The van der Waals surface area contributed by atoms with E-state index in [1.807, 2.05) is 0 Å². The largest absolute Gasteiger partial charge is 0.462 e. The van der Waals surface area contributed by atoms with Crippen LogP contribution in [-0.4, -0.2) is 31.5 Å². The minimum Gasteiger partial charge on any atom is -0.462 e. The summed E-state index contributed by atoms with van der Waals surface area (Å²) in [5.41, 5.74) is -5.78. The van der Waals surface area contributed by atoms with Crippen molar-refractivity contribution in [1.82, 2.24) is 0 Å². The lowest BCUT2D eigenvalue weighted by atomic mass is 9.91. The molecule has 9 heteroatoms. The molecule has 0 aliphatic carbocycles. The number of hydrogen-bond donors (Lipinski definition) is 0. The Hall–Kier alpha value is -1.77. The second kappa shape index (κ2) is 6.77. The van der Waals surface area contributed by atoms with Crippen LogP contribution < -0.4 is 0 Å². The Labute approximate surface area is 128 Å². The van der Waals surface area contributed by atoms with Crippen LogP contribution in [0, 0.1) is 0 Å². The Morgan fingerprint density at radius 3 is 1.74 bits per heavy atom. The summed E-state index contributed by atoms with van der Waals surface area (Å²) in [6, 6.07) is 2.78. The number of benzene rings is 1. The van der Waals surface area contributed by atoms with Gasteiger partial charge in [0.2, 0.25) is 0 Å². The Morgan fingerprint density at radius 1 is 0.913 bits per heavy atom. The molecule has 0 spiro atoms. The van der Waals surface area contributed by atoms with Crippen LogP contribution in [0.25, 0.3) is 0 Å². The van der Waals surface area contributed by atoms with E-state index in [-0.39, 0.29) is 12.2 Å². The van der Waals surface area contributed by atoms with Gasteiger partial charge in [-0.25, -0.2) is 4.79 Å². The molecule has 0 heterocycles. The molecule has 3 nitrogen and oxygen atoms in total. The van der Waals surface area contributed by atoms with Gasteiger partial charge in [-0.1, -0.05) is 12.1 Å². The normalized spacial score (nSPS) is 13.0. The summed E-state index contributed by atoms with van der Waals surface area (Å²) in [4.78, 5) is 11.4. The topological polar surface area (TPSA) is 35.5 Å². The van der Waals surface area contributed by atoms with Crippen LogP contribution in [0.1, 0.15) is 29.8 Å². The van der Waals surface area contributed by atoms with E-state index in [1.54, 1.807) is 0 Å². The highest BCUT2D eigenvalue weighted by molar-refractivity contribution is 5.89. The van der Waals surface area contributed by atoms with Crippen LogP contribution in [0.3, 0.4) is 0 Å². The summed E-state index contributed by atoms with van der Waals surface area (Å²) in [5, 5.41) is 0. The smallest absolute Gasteiger partial charge is 0.430 e. The van der Waals surface area contributed by atoms with Crippen LogP contribution in [0.4, 0.5) is 26.3 Å². The van der Waals surface area contributed by atoms with Crippen molar-refractivity contribution in [2.75, 3.05) is 13.2 Å². The molecule has 0 bridgehead atoms. The molecule has 0 aliphatic rings. The fraction of sp³-hybridized carbons (Fsp3) is 0.500. The molecular formula is C14H14F6O3. The third kappa shape index (κ3) is 3.60. The molecule has 0 fully saturated rings. The fourth-order valence-electron chi connectivity index (χ4n) is 2.01. The lowest BCUT2D eigenvalue weighted by molar-refractivity contribution is -0.388. The number of esters is 1. The maximum Gasteiger partial charge on any atom is 0.430 e. The SMILES string of the molecule is CCOC(=O)c1ccc(C(OCC)(C(F)(F)F)C(F)(F)F)cc1. The molecular weight excluding hydrogens is 330 g/mol. The zero-order valence-electron chi connectivity index (χ0n) is 12.2. The van der Waals surface area contributed by atoms with E-state index in [1.165, 1.54) is 6.92 Å². The monoisotopic (exact) mass is 344 g/mol. The second-order valence-corrected chi connectivity index (χ2v) is 4.41. The van der Waals surface area contributed by atoms with E-state index < -0.39 is 36.1 Å². The fourth-order valence-corrected chi connectivity index (χ4v) is 2.01. The molecule has 0 radical (unpaired) electrons. The van der Waals surface area contributed by atoms with Crippen molar-refractivity contribution in [3.8, 4) is 0 Å². The van der Waals surface area contributed by atoms with Gasteiger partial charge in [-0.2, -0.15) is 26.3 Å². The minimum absolute atomic E-state index is 0.0224. The van der Waals surface area contributed by atoms with Crippen LogP contribution in [0.15, 0.2) is 24.3 Å². The molecule has 1 aromatic rings. The lowest BCUT2D eigenvalue weighted by Crippen LogP contribution is -2.56. The van der Waals surface area contributed by atoms with Crippen molar-refractivity contribution in [2.24, 2.45) is 0 Å². The standard InChI is InChI=1S/C14H14F6O3/c1-3-22-11(21)9-5-7-10(8-6-9)12(23-4-2,13(15,16)17)14(18,19)20/h5-8H,3-4H2,1-2H3. The van der Waals surface area contributed by atoms with Gasteiger partial charge in [0.15, 0.2) is 0 Å². The van der Waals surface area contributed by atoms with E-state index in [4.69, 9.17) is 0 Å². The first-order chi connectivity index (χ1) is 10.5. The molecule has 1 rings (SSSR count). The van der Waals surface area contributed by atoms with E-state index in [0.717, 1.165) is 19.1 Å². The second-order valence-electron chi connectivity index (χ2n) is 4.41. The van der Waals surface area contributed by atoms with Gasteiger partial charge in [-0.15, -0.1) is 0 Å². The van der Waals surface area contributed by atoms with Crippen molar-refractivity contribution < 1.29 is 40.6 Å². The van der Waals surface area contributed by atoms with Crippen molar-refractivity contribution in [2.45, 2.75) is 31.8 Å². The molecule has 1 aromatic carbocycles. The quantitative estimate of drug-likeness (QED) is 0.593. The Balaban J connectivity index is 3.41. The molecule has 0 saturated heterocycles. The van der Waals surface area contributed by atoms with Crippen LogP contribution >= 0.6 is 0 Å². The summed E-state index contributed by atoms with van der Waals surface area (Å²) in [7, 11) is 0. The lowest BCUT2D eigenvalue weighted by Gasteiger charge is -2.37. The Morgan fingerprint density at radius 2 is 1.39 bits per heavy atom. The summed E-state index contributed by atoms with van der Waals surface area (Å²) in [6.45, 7) is 1.76. The van der Waals surface area contributed by atoms with Gasteiger partial charge >= 0.3 is 18.3 Å².